The molecule has 6 heteroatoms. The average molecular weight is 423 g/mol. The van der Waals surface area contributed by atoms with Gasteiger partial charge in [-0.3, -0.25) is 4.57 Å². The van der Waals surface area contributed by atoms with Crippen LogP contribution in [0, 0.1) is 0 Å². The molecule has 0 saturated heterocycles. The molecule has 0 radical (unpaired) electrons. The van der Waals surface area contributed by atoms with Gasteiger partial charge >= 0.3 is 0 Å². The van der Waals surface area contributed by atoms with Gasteiger partial charge in [-0.25, -0.2) is 9.97 Å². The first kappa shape index (κ1) is 18.8. The minimum absolute atomic E-state index is 0.576. The first-order chi connectivity index (χ1) is 14.3. The van der Waals surface area contributed by atoms with E-state index in [0.29, 0.717) is 5.92 Å². The van der Waals surface area contributed by atoms with Crippen LogP contribution in [0.2, 0.25) is 5.02 Å². The molecule has 5 rings (SSSR count). The third-order valence-corrected chi connectivity index (χ3v) is 6.86. The van der Waals surface area contributed by atoms with Crippen LogP contribution < -0.4 is 0 Å². The number of aromatic amines is 1. The highest BCUT2D eigenvalue weighted by Gasteiger charge is 2.22. The summed E-state index contributed by atoms with van der Waals surface area (Å²) >= 11 is 7.86. The minimum atomic E-state index is 0.576. The second-order valence-electron chi connectivity index (χ2n) is 7.60. The van der Waals surface area contributed by atoms with Gasteiger partial charge in [0.15, 0.2) is 5.16 Å². The fraction of sp³-hybridized carbons (Fsp3) is 0.304. The van der Waals surface area contributed by atoms with Crippen molar-refractivity contribution in [2.24, 2.45) is 0 Å². The third kappa shape index (κ3) is 3.94. The van der Waals surface area contributed by atoms with Crippen LogP contribution in [-0.2, 0) is 5.75 Å². The maximum Gasteiger partial charge on any atom is 0.173 e. The molecule has 1 fully saturated rings. The van der Waals surface area contributed by atoms with Crippen molar-refractivity contribution in [2.45, 2.75) is 48.9 Å². The van der Waals surface area contributed by atoms with Crippen LogP contribution in [0.4, 0.5) is 0 Å². The van der Waals surface area contributed by atoms with Gasteiger partial charge in [0, 0.05) is 22.3 Å². The van der Waals surface area contributed by atoms with Gasteiger partial charge < -0.3 is 4.98 Å². The number of hydrogen-bond acceptors (Lipinski definition) is 3. The number of rotatable bonds is 5. The van der Waals surface area contributed by atoms with Gasteiger partial charge in [-0.05, 0) is 49.2 Å². The zero-order valence-electron chi connectivity index (χ0n) is 16.1. The lowest BCUT2D eigenvalue weighted by molar-refractivity contribution is 0.431. The van der Waals surface area contributed by atoms with Gasteiger partial charge in [-0.2, -0.15) is 0 Å². The molecule has 1 N–H and O–H groups in total. The Labute approximate surface area is 179 Å². The van der Waals surface area contributed by atoms with Crippen LogP contribution in [0.1, 0.15) is 49.5 Å². The standard InChI is InChI=1S/C23H23ClN4S/c24-17-10-12-18(13-11-17)28-21(16-6-2-1-3-7-16)14-25-23(28)29-15-22-26-19-8-4-5-9-20(19)27-22/h4-5,8-14,16H,1-3,6-7,15H2,(H,26,27). The summed E-state index contributed by atoms with van der Waals surface area (Å²) in [5.41, 5.74) is 4.53. The topological polar surface area (TPSA) is 46.5 Å². The van der Waals surface area contributed by atoms with E-state index in [4.69, 9.17) is 21.6 Å². The van der Waals surface area contributed by atoms with Gasteiger partial charge in [0.25, 0.3) is 0 Å². The largest absolute Gasteiger partial charge is 0.341 e. The summed E-state index contributed by atoms with van der Waals surface area (Å²) in [6, 6.07) is 16.2. The summed E-state index contributed by atoms with van der Waals surface area (Å²) in [7, 11) is 0. The van der Waals surface area contributed by atoms with Crippen molar-refractivity contribution in [3.05, 3.63) is 71.3 Å². The summed E-state index contributed by atoms with van der Waals surface area (Å²) < 4.78 is 2.32. The molecule has 148 valence electrons. The van der Waals surface area contributed by atoms with Crippen molar-refractivity contribution < 1.29 is 0 Å². The highest BCUT2D eigenvalue weighted by Crippen LogP contribution is 2.36. The monoisotopic (exact) mass is 422 g/mol. The highest BCUT2D eigenvalue weighted by atomic mass is 35.5. The lowest BCUT2D eigenvalue weighted by Crippen LogP contribution is -2.10. The summed E-state index contributed by atoms with van der Waals surface area (Å²) in [5.74, 6) is 2.30. The molecule has 1 aliphatic rings. The Morgan fingerprint density at radius 2 is 1.83 bits per heavy atom. The first-order valence-corrected chi connectivity index (χ1v) is 11.5. The third-order valence-electron chi connectivity index (χ3n) is 5.64. The summed E-state index contributed by atoms with van der Waals surface area (Å²) in [6.45, 7) is 0. The number of thioether (sulfide) groups is 1. The fourth-order valence-electron chi connectivity index (χ4n) is 4.19. The molecule has 0 spiro atoms. The zero-order chi connectivity index (χ0) is 19.6. The van der Waals surface area contributed by atoms with Crippen LogP contribution >= 0.6 is 23.4 Å². The van der Waals surface area contributed by atoms with Crippen LogP contribution in [0.15, 0.2) is 59.9 Å². The van der Waals surface area contributed by atoms with Crippen molar-refractivity contribution in [3.8, 4) is 5.69 Å². The number of benzene rings is 2. The number of imidazole rings is 2. The molecular weight excluding hydrogens is 400 g/mol. The number of H-pyrrole nitrogens is 1. The minimum Gasteiger partial charge on any atom is -0.341 e. The van der Waals surface area contributed by atoms with Gasteiger partial charge in [0.1, 0.15) is 5.82 Å². The molecule has 4 nitrogen and oxygen atoms in total. The van der Waals surface area contributed by atoms with E-state index in [0.717, 1.165) is 38.5 Å². The predicted octanol–water partition coefficient (Wildman–Crippen LogP) is 6.74. The zero-order valence-corrected chi connectivity index (χ0v) is 17.7. The van der Waals surface area contributed by atoms with Gasteiger partial charge in [-0.15, -0.1) is 0 Å². The summed E-state index contributed by atoms with van der Waals surface area (Å²) in [4.78, 5) is 12.9. The van der Waals surface area contributed by atoms with E-state index in [1.807, 2.05) is 30.3 Å². The maximum absolute atomic E-state index is 6.14. The van der Waals surface area contributed by atoms with Crippen LogP contribution in [0.3, 0.4) is 0 Å². The molecule has 0 atom stereocenters. The fourth-order valence-corrected chi connectivity index (χ4v) is 5.19. The molecule has 0 amide bonds. The van der Waals surface area contributed by atoms with Crippen molar-refractivity contribution in [1.29, 1.82) is 0 Å². The van der Waals surface area contributed by atoms with E-state index in [2.05, 4.69) is 33.9 Å². The molecule has 0 bridgehead atoms. The molecule has 2 aromatic heterocycles. The molecule has 0 aliphatic heterocycles. The first-order valence-electron chi connectivity index (χ1n) is 10.2. The molecule has 2 heterocycles. The Morgan fingerprint density at radius 1 is 1.03 bits per heavy atom. The van der Waals surface area contributed by atoms with Gasteiger partial charge in [0.05, 0.1) is 23.0 Å². The normalized spacial score (nSPS) is 15.2. The summed E-state index contributed by atoms with van der Waals surface area (Å²) in [6.07, 6.45) is 8.51. The molecule has 4 aromatic rings. The number of nitrogens with zero attached hydrogens (tertiary/aromatic N) is 3. The van der Waals surface area contributed by atoms with E-state index in [1.54, 1.807) is 11.8 Å². The second-order valence-corrected chi connectivity index (χ2v) is 8.98. The highest BCUT2D eigenvalue weighted by molar-refractivity contribution is 7.98. The second kappa shape index (κ2) is 8.25. The van der Waals surface area contributed by atoms with E-state index < -0.39 is 0 Å². The molecule has 29 heavy (non-hydrogen) atoms. The molecule has 1 aliphatic carbocycles. The lowest BCUT2D eigenvalue weighted by Gasteiger charge is -2.23. The Bertz CT molecular complexity index is 1080. The Hall–Kier alpha value is -2.24. The predicted molar refractivity (Wildman–Crippen MR) is 120 cm³/mol. The van der Waals surface area contributed by atoms with Crippen molar-refractivity contribution >= 4 is 34.4 Å². The quantitative estimate of drug-likeness (QED) is 0.362. The van der Waals surface area contributed by atoms with Crippen LogP contribution in [0.5, 0.6) is 0 Å². The maximum atomic E-state index is 6.14. The number of fused-ring (bicyclic) bond motifs is 1. The Morgan fingerprint density at radius 3 is 2.62 bits per heavy atom. The van der Waals surface area contributed by atoms with Crippen molar-refractivity contribution in [1.82, 2.24) is 19.5 Å². The van der Waals surface area contributed by atoms with Crippen molar-refractivity contribution in [2.75, 3.05) is 0 Å². The van der Waals surface area contributed by atoms with E-state index in [1.165, 1.54) is 37.8 Å². The smallest absolute Gasteiger partial charge is 0.173 e. The Balaban J connectivity index is 1.46. The number of hydrogen-bond donors (Lipinski definition) is 1. The van der Waals surface area contributed by atoms with Crippen molar-refractivity contribution in [3.63, 3.8) is 0 Å². The SMILES string of the molecule is Clc1ccc(-n2c(C3CCCCC3)cnc2SCc2nc3ccccc3[nH]2)cc1. The molecule has 1 saturated carbocycles. The number of aromatic nitrogens is 4. The average Bonchev–Trinajstić information content (AvgIpc) is 3.37. The lowest BCUT2D eigenvalue weighted by atomic mass is 9.87. The molecule has 0 unspecified atom stereocenters. The number of halogens is 1. The molecule has 2 aromatic carbocycles. The van der Waals surface area contributed by atoms with Crippen LogP contribution in [-0.4, -0.2) is 19.5 Å². The van der Waals surface area contributed by atoms with Gasteiger partial charge in [-0.1, -0.05) is 54.8 Å². The van der Waals surface area contributed by atoms with Crippen LogP contribution in [0.25, 0.3) is 16.7 Å². The summed E-state index contributed by atoms with van der Waals surface area (Å²) in [5, 5.41) is 1.76. The Kier molecular flexibility index (Phi) is 5.34. The molecular formula is C23H23ClN4S. The van der Waals surface area contributed by atoms with E-state index >= 15 is 0 Å². The van der Waals surface area contributed by atoms with E-state index in [-0.39, 0.29) is 0 Å². The number of para-hydroxylation sites is 2. The van der Waals surface area contributed by atoms with Gasteiger partial charge in [0.2, 0.25) is 0 Å². The van der Waals surface area contributed by atoms with E-state index in [9.17, 15) is 0 Å². The number of nitrogens with one attached hydrogen (secondary N) is 1.